The molecule has 0 saturated heterocycles. The van der Waals surface area contributed by atoms with E-state index in [9.17, 15) is 10.1 Å². The maximum absolute atomic E-state index is 10.9. The number of benzene rings is 2. The van der Waals surface area contributed by atoms with E-state index in [1.807, 2.05) is 24.3 Å². The zero-order valence-corrected chi connectivity index (χ0v) is 11.9. The predicted molar refractivity (Wildman–Crippen MR) is 87.1 cm³/mol. The lowest BCUT2D eigenvalue weighted by atomic mass is 10.0. The number of aromatic nitrogens is 2. The highest BCUT2D eigenvalue weighted by molar-refractivity contribution is 6.00. The summed E-state index contributed by atoms with van der Waals surface area (Å²) in [6, 6.07) is 13.5. The molecule has 2 aromatic carbocycles. The Morgan fingerprint density at radius 1 is 1.04 bits per heavy atom. The summed E-state index contributed by atoms with van der Waals surface area (Å²) in [6.07, 6.45) is 0. The average Bonchev–Trinajstić information content (AvgIpc) is 2.55. The highest BCUT2D eigenvalue weighted by Crippen LogP contribution is 2.32. The number of rotatable bonds is 3. The van der Waals surface area contributed by atoms with E-state index < -0.39 is 4.92 Å². The van der Waals surface area contributed by atoms with Crippen molar-refractivity contribution >= 4 is 28.2 Å². The van der Waals surface area contributed by atoms with Crippen molar-refractivity contribution in [1.29, 1.82) is 0 Å². The van der Waals surface area contributed by atoms with Crippen molar-refractivity contribution in [3.63, 3.8) is 0 Å². The lowest BCUT2D eigenvalue weighted by Crippen LogP contribution is -2.22. The molecular weight excluding hydrogens is 296 g/mol. The van der Waals surface area contributed by atoms with Crippen LogP contribution in [-0.4, -0.2) is 21.1 Å². The van der Waals surface area contributed by atoms with Crippen LogP contribution in [0.4, 0.5) is 11.5 Å². The van der Waals surface area contributed by atoms with Crippen LogP contribution < -0.4 is 11.5 Å². The van der Waals surface area contributed by atoms with Gasteiger partial charge in [-0.05, 0) is 0 Å². The maximum atomic E-state index is 10.9. The molecule has 0 radical (unpaired) electrons. The predicted octanol–water partition coefficient (Wildman–Crippen LogP) is 2.11. The van der Waals surface area contributed by atoms with Gasteiger partial charge in [0.05, 0.1) is 4.92 Å². The van der Waals surface area contributed by atoms with Crippen molar-refractivity contribution in [2.24, 2.45) is 16.5 Å². The molecule has 0 bridgehead atoms. The summed E-state index contributed by atoms with van der Waals surface area (Å²) in [6.45, 7) is 0. The van der Waals surface area contributed by atoms with E-state index in [0.717, 1.165) is 5.39 Å². The molecule has 0 unspecified atom stereocenters. The minimum absolute atomic E-state index is 0.0123. The number of aliphatic imine (C=N–C) groups is 1. The third kappa shape index (κ3) is 2.77. The third-order valence-electron chi connectivity index (χ3n) is 3.23. The second-order valence-corrected chi connectivity index (χ2v) is 4.76. The van der Waals surface area contributed by atoms with Crippen molar-refractivity contribution < 1.29 is 4.92 Å². The molecule has 8 nitrogen and oxygen atoms in total. The topological polar surface area (TPSA) is 133 Å². The van der Waals surface area contributed by atoms with Gasteiger partial charge in [0.25, 0.3) is 5.69 Å². The van der Waals surface area contributed by atoms with Crippen LogP contribution in [0.5, 0.6) is 0 Å². The molecule has 0 fully saturated rings. The van der Waals surface area contributed by atoms with Crippen molar-refractivity contribution in [3.05, 3.63) is 58.6 Å². The highest BCUT2D eigenvalue weighted by atomic mass is 16.6. The van der Waals surface area contributed by atoms with Crippen molar-refractivity contribution in [3.8, 4) is 11.3 Å². The quantitative estimate of drug-likeness (QED) is 0.329. The van der Waals surface area contributed by atoms with Crippen molar-refractivity contribution in [2.75, 3.05) is 0 Å². The minimum Gasteiger partial charge on any atom is -0.370 e. The molecule has 23 heavy (non-hydrogen) atoms. The normalized spacial score (nSPS) is 10.4. The fourth-order valence-corrected chi connectivity index (χ4v) is 2.27. The maximum Gasteiger partial charge on any atom is 0.270 e. The molecule has 0 saturated carbocycles. The Bertz CT molecular complexity index is 934. The lowest BCUT2D eigenvalue weighted by Gasteiger charge is -2.07. The summed E-state index contributed by atoms with van der Waals surface area (Å²) < 4.78 is 0. The van der Waals surface area contributed by atoms with Crippen LogP contribution >= 0.6 is 0 Å². The number of guanidine groups is 1. The minimum atomic E-state index is -0.451. The lowest BCUT2D eigenvalue weighted by molar-refractivity contribution is -0.384. The van der Waals surface area contributed by atoms with Gasteiger partial charge in [-0.15, -0.1) is 10.2 Å². The average molecular weight is 308 g/mol. The molecule has 114 valence electrons. The van der Waals surface area contributed by atoms with Gasteiger partial charge in [0.1, 0.15) is 5.69 Å². The van der Waals surface area contributed by atoms with Gasteiger partial charge in [-0.2, -0.15) is 4.99 Å². The van der Waals surface area contributed by atoms with Crippen LogP contribution in [0.3, 0.4) is 0 Å². The Labute approximate surface area is 130 Å². The van der Waals surface area contributed by atoms with Gasteiger partial charge >= 0.3 is 0 Å². The standard InChI is InChI=1S/C15H12N6O2/c16-15(17)18-14-12-7-2-1-6-11(12)13(19-20-14)9-4-3-5-10(8-9)21(22)23/h1-8H,(H4,16,17,18,20). The molecule has 0 amide bonds. The Balaban J connectivity index is 2.26. The summed E-state index contributed by atoms with van der Waals surface area (Å²) in [7, 11) is 0. The van der Waals surface area contributed by atoms with E-state index in [2.05, 4.69) is 15.2 Å². The van der Waals surface area contributed by atoms with Crippen molar-refractivity contribution in [2.45, 2.75) is 0 Å². The number of hydrogen-bond acceptors (Lipinski definition) is 5. The van der Waals surface area contributed by atoms with Crippen LogP contribution in [0.15, 0.2) is 53.5 Å². The molecule has 3 rings (SSSR count). The Hall–Kier alpha value is -3.55. The molecule has 1 aromatic heterocycles. The smallest absolute Gasteiger partial charge is 0.270 e. The van der Waals surface area contributed by atoms with E-state index in [-0.39, 0.29) is 11.6 Å². The van der Waals surface area contributed by atoms with E-state index in [1.54, 1.807) is 12.1 Å². The molecule has 0 aliphatic carbocycles. The first-order valence-electron chi connectivity index (χ1n) is 6.66. The van der Waals surface area contributed by atoms with Crippen molar-refractivity contribution in [1.82, 2.24) is 10.2 Å². The van der Waals surface area contributed by atoms with E-state index >= 15 is 0 Å². The zero-order valence-electron chi connectivity index (χ0n) is 11.9. The summed E-state index contributed by atoms with van der Waals surface area (Å²) in [4.78, 5) is 14.5. The van der Waals surface area contributed by atoms with Gasteiger partial charge in [-0.3, -0.25) is 10.1 Å². The second kappa shape index (κ2) is 5.68. The molecule has 0 atom stereocenters. The fraction of sp³-hybridized carbons (Fsp3) is 0. The summed E-state index contributed by atoms with van der Waals surface area (Å²) >= 11 is 0. The SMILES string of the molecule is NC(N)=Nc1nnc(-c2cccc([N+](=O)[O-])c2)c2ccccc12. The van der Waals surface area contributed by atoms with Crippen LogP contribution in [-0.2, 0) is 0 Å². The number of nitrogens with zero attached hydrogens (tertiary/aromatic N) is 4. The number of nitro groups is 1. The Kier molecular flexibility index (Phi) is 3.55. The second-order valence-electron chi connectivity index (χ2n) is 4.76. The highest BCUT2D eigenvalue weighted by Gasteiger charge is 2.13. The van der Waals surface area contributed by atoms with Gasteiger partial charge in [0.2, 0.25) is 0 Å². The number of fused-ring (bicyclic) bond motifs is 1. The molecule has 3 aromatic rings. The number of hydrogen-bond donors (Lipinski definition) is 2. The molecule has 0 aliphatic rings. The molecular formula is C15H12N6O2. The van der Waals surface area contributed by atoms with Gasteiger partial charge in [-0.25, -0.2) is 0 Å². The van der Waals surface area contributed by atoms with Crippen LogP contribution in [0, 0.1) is 10.1 Å². The zero-order chi connectivity index (χ0) is 16.4. The number of nitrogens with two attached hydrogens (primary N) is 2. The molecule has 4 N–H and O–H groups in total. The van der Waals surface area contributed by atoms with Crippen LogP contribution in [0.2, 0.25) is 0 Å². The molecule has 0 spiro atoms. The van der Waals surface area contributed by atoms with E-state index in [4.69, 9.17) is 11.5 Å². The molecule has 0 aliphatic heterocycles. The fourth-order valence-electron chi connectivity index (χ4n) is 2.27. The van der Waals surface area contributed by atoms with Crippen LogP contribution in [0.25, 0.3) is 22.0 Å². The Morgan fingerprint density at radius 3 is 2.48 bits per heavy atom. The van der Waals surface area contributed by atoms with Crippen LogP contribution in [0.1, 0.15) is 0 Å². The van der Waals surface area contributed by atoms with Gasteiger partial charge in [0.15, 0.2) is 11.8 Å². The number of nitro benzene ring substituents is 1. The summed E-state index contributed by atoms with van der Waals surface area (Å²) in [5.74, 6) is 0.183. The Morgan fingerprint density at radius 2 is 1.78 bits per heavy atom. The third-order valence-corrected chi connectivity index (χ3v) is 3.23. The number of non-ortho nitro benzene ring substituents is 1. The van der Waals surface area contributed by atoms with Gasteiger partial charge in [0, 0.05) is 28.5 Å². The first-order chi connectivity index (χ1) is 11.1. The first kappa shape index (κ1) is 14.4. The van der Waals surface area contributed by atoms with Gasteiger partial charge < -0.3 is 11.5 Å². The molecule has 1 heterocycles. The van der Waals surface area contributed by atoms with Gasteiger partial charge in [-0.1, -0.05) is 36.4 Å². The largest absolute Gasteiger partial charge is 0.370 e. The molecule has 8 heteroatoms. The summed E-state index contributed by atoms with van der Waals surface area (Å²) in [5, 5.41) is 20.6. The van der Waals surface area contributed by atoms with E-state index in [0.29, 0.717) is 22.5 Å². The van der Waals surface area contributed by atoms with E-state index in [1.165, 1.54) is 12.1 Å². The summed E-state index contributed by atoms with van der Waals surface area (Å²) in [5.41, 5.74) is 11.9. The first-order valence-corrected chi connectivity index (χ1v) is 6.66. The monoisotopic (exact) mass is 308 g/mol.